The van der Waals surface area contributed by atoms with Gasteiger partial charge in [0.1, 0.15) is 0 Å². The van der Waals surface area contributed by atoms with Gasteiger partial charge in [-0.05, 0) is 11.5 Å². The third kappa shape index (κ3) is 7.52. The Bertz CT molecular complexity index is 149. The molecule has 96 valence electrons. The van der Waals surface area contributed by atoms with Gasteiger partial charge >= 0.3 is 0 Å². The molecule has 0 N–H and O–H groups in total. The first kappa shape index (κ1) is 16.2. The maximum Gasteiger partial charge on any atom is 0.0232 e. The van der Waals surface area contributed by atoms with Crippen LogP contribution >= 0.6 is 72.3 Å². The Kier molecular flexibility index (Phi) is 11.1. The molecule has 2 atom stereocenters. The van der Waals surface area contributed by atoms with Crippen LogP contribution in [0.2, 0.25) is 0 Å². The fourth-order valence-corrected chi connectivity index (χ4v) is 7.69. The van der Waals surface area contributed by atoms with Gasteiger partial charge in [0, 0.05) is 45.0 Å². The van der Waals surface area contributed by atoms with Gasteiger partial charge in [0.15, 0.2) is 0 Å². The molecule has 2 unspecified atom stereocenters. The molecule has 1 saturated heterocycles. The predicted molar refractivity (Wildman–Crippen MR) is 94.8 cm³/mol. The monoisotopic (exact) mass is 332 g/mol. The minimum absolute atomic E-state index is 0.866. The summed E-state index contributed by atoms with van der Waals surface area (Å²) in [6.45, 7) is 0. The van der Waals surface area contributed by atoms with Gasteiger partial charge in [-0.2, -0.15) is 72.3 Å². The van der Waals surface area contributed by atoms with Crippen LogP contribution in [0.25, 0.3) is 0 Å². The smallest absolute Gasteiger partial charge is 0.0232 e. The van der Waals surface area contributed by atoms with E-state index in [-0.39, 0.29) is 0 Å². The second kappa shape index (κ2) is 11.0. The van der Waals surface area contributed by atoms with Crippen molar-refractivity contribution in [3.63, 3.8) is 0 Å². The lowest BCUT2D eigenvalue weighted by atomic mass is 10.5. The Morgan fingerprint density at radius 1 is 0.938 bits per heavy atom. The van der Waals surface area contributed by atoms with Crippen LogP contribution in [0.4, 0.5) is 0 Å². The molecule has 0 amide bonds. The van der Waals surface area contributed by atoms with Crippen molar-refractivity contribution < 1.29 is 0 Å². The average Bonchev–Trinajstić information content (AvgIpc) is 2.30. The van der Waals surface area contributed by atoms with E-state index >= 15 is 0 Å². The van der Waals surface area contributed by atoms with Gasteiger partial charge in [0.05, 0.1) is 0 Å². The molecule has 0 aromatic carbocycles. The number of rotatable bonds is 8. The molecule has 1 aliphatic rings. The van der Waals surface area contributed by atoms with Crippen molar-refractivity contribution in [2.24, 2.45) is 0 Å². The lowest BCUT2D eigenvalue weighted by Crippen LogP contribution is -2.25. The molecule has 0 aromatic rings. The molecule has 1 heterocycles. The first-order valence-electron chi connectivity index (χ1n) is 5.47. The normalized spacial score (nSPS) is 25.9. The quantitative estimate of drug-likeness (QED) is 0.515. The van der Waals surface area contributed by atoms with Crippen LogP contribution < -0.4 is 0 Å². The van der Waals surface area contributed by atoms with Crippen molar-refractivity contribution in [1.29, 1.82) is 0 Å². The lowest BCUT2D eigenvalue weighted by Gasteiger charge is -2.28. The second-order valence-corrected chi connectivity index (χ2v) is 9.39. The number of thioether (sulfide) groups is 4. The van der Waals surface area contributed by atoms with Crippen molar-refractivity contribution in [1.82, 2.24) is 0 Å². The van der Waals surface area contributed by atoms with Gasteiger partial charge in [0.2, 0.25) is 0 Å². The topological polar surface area (TPSA) is 0 Å². The van der Waals surface area contributed by atoms with Crippen LogP contribution in [0.5, 0.6) is 0 Å². The Hall–Kier alpha value is 2.10. The summed E-state index contributed by atoms with van der Waals surface area (Å²) in [4.78, 5) is 0. The van der Waals surface area contributed by atoms with E-state index < -0.39 is 0 Å². The Morgan fingerprint density at radius 2 is 1.44 bits per heavy atom. The molecule has 1 aliphatic heterocycles. The second-order valence-electron chi connectivity index (χ2n) is 3.51. The Morgan fingerprint density at radius 3 is 1.88 bits per heavy atom. The van der Waals surface area contributed by atoms with E-state index in [1.54, 1.807) is 0 Å². The van der Waals surface area contributed by atoms with Crippen LogP contribution in [0.1, 0.15) is 0 Å². The van der Waals surface area contributed by atoms with Gasteiger partial charge < -0.3 is 0 Å². The zero-order chi connectivity index (χ0) is 11.6. The standard InChI is InChI=1S/C10H20S6/c11-1-3-13-5-9-7-15-8-10(16-9)6-14-4-2-12/h9-12H,1-8H2. The molecule has 0 spiro atoms. The third-order valence-corrected chi connectivity index (χ3v) is 8.94. The fraction of sp³-hybridized carbons (Fsp3) is 1.00. The molecular weight excluding hydrogens is 313 g/mol. The van der Waals surface area contributed by atoms with E-state index in [1.165, 1.54) is 34.5 Å². The van der Waals surface area contributed by atoms with Gasteiger partial charge in [-0.3, -0.25) is 0 Å². The van der Waals surface area contributed by atoms with Crippen molar-refractivity contribution in [2.75, 3.05) is 46.0 Å². The minimum Gasteiger partial charge on any atom is -0.179 e. The van der Waals surface area contributed by atoms with Crippen LogP contribution in [0.3, 0.4) is 0 Å². The molecule has 0 saturated carbocycles. The third-order valence-electron chi connectivity index (χ3n) is 2.07. The molecule has 16 heavy (non-hydrogen) atoms. The van der Waals surface area contributed by atoms with E-state index in [2.05, 4.69) is 72.3 Å². The Balaban J connectivity index is 2.09. The van der Waals surface area contributed by atoms with Crippen molar-refractivity contribution in [3.8, 4) is 0 Å². The molecule has 0 aromatic heterocycles. The highest BCUT2D eigenvalue weighted by atomic mass is 32.2. The summed E-state index contributed by atoms with van der Waals surface area (Å²) in [6, 6.07) is 0. The highest BCUT2D eigenvalue weighted by molar-refractivity contribution is 8.09. The van der Waals surface area contributed by atoms with Crippen LogP contribution in [0, 0.1) is 0 Å². The maximum absolute atomic E-state index is 4.25. The van der Waals surface area contributed by atoms with E-state index in [9.17, 15) is 0 Å². The summed E-state index contributed by atoms with van der Waals surface area (Å²) in [7, 11) is 0. The molecule has 1 rings (SSSR count). The van der Waals surface area contributed by atoms with E-state index in [1.807, 2.05) is 0 Å². The summed E-state index contributed by atoms with van der Waals surface area (Å²) in [6.07, 6.45) is 0. The summed E-state index contributed by atoms with van der Waals surface area (Å²) in [5.41, 5.74) is 0. The lowest BCUT2D eigenvalue weighted by molar-refractivity contribution is 1.05. The van der Waals surface area contributed by atoms with Crippen molar-refractivity contribution >= 4 is 72.3 Å². The Labute approximate surface area is 128 Å². The zero-order valence-electron chi connectivity index (χ0n) is 9.34. The fourth-order valence-electron chi connectivity index (χ4n) is 1.42. The molecule has 0 radical (unpaired) electrons. The minimum atomic E-state index is 0.866. The van der Waals surface area contributed by atoms with E-state index in [0.29, 0.717) is 0 Å². The van der Waals surface area contributed by atoms with Gasteiger partial charge in [-0.1, -0.05) is 0 Å². The largest absolute Gasteiger partial charge is 0.179 e. The highest BCUT2D eigenvalue weighted by Gasteiger charge is 2.22. The highest BCUT2D eigenvalue weighted by Crippen LogP contribution is 2.34. The first-order chi connectivity index (χ1) is 7.86. The molecule has 0 bridgehead atoms. The summed E-state index contributed by atoms with van der Waals surface area (Å²) in [5, 5.41) is 1.73. The first-order valence-corrected chi connectivity index (χ1v) is 11.1. The summed E-state index contributed by atoms with van der Waals surface area (Å²) >= 11 is 17.0. The van der Waals surface area contributed by atoms with Crippen molar-refractivity contribution in [2.45, 2.75) is 10.5 Å². The number of hydrogen-bond donors (Lipinski definition) is 2. The number of thiol groups is 2. The number of hydrogen-bond acceptors (Lipinski definition) is 6. The predicted octanol–water partition coefficient (Wildman–Crippen LogP) is 3.53. The van der Waals surface area contributed by atoms with Crippen molar-refractivity contribution in [3.05, 3.63) is 0 Å². The van der Waals surface area contributed by atoms with E-state index in [4.69, 9.17) is 0 Å². The molecule has 0 nitrogen and oxygen atoms in total. The maximum atomic E-state index is 4.25. The van der Waals surface area contributed by atoms with Gasteiger partial charge in [-0.25, -0.2) is 0 Å². The SMILES string of the molecule is SCCSCC1CSCC(CSCCS)S1. The van der Waals surface area contributed by atoms with Crippen LogP contribution in [-0.2, 0) is 0 Å². The molecule has 1 fully saturated rings. The average molecular weight is 333 g/mol. The summed E-state index contributed by atoms with van der Waals surface area (Å²) in [5.74, 6) is 9.73. The van der Waals surface area contributed by atoms with Gasteiger partial charge in [0.25, 0.3) is 0 Å². The molecule has 6 heteroatoms. The van der Waals surface area contributed by atoms with Crippen LogP contribution in [-0.4, -0.2) is 56.5 Å². The zero-order valence-corrected chi connectivity index (χ0v) is 14.4. The summed E-state index contributed by atoms with van der Waals surface area (Å²) < 4.78 is 0. The molecule has 0 aliphatic carbocycles. The molecular formula is C10H20S6. The van der Waals surface area contributed by atoms with Crippen LogP contribution in [0.15, 0.2) is 0 Å². The van der Waals surface area contributed by atoms with E-state index in [0.717, 1.165) is 22.0 Å². The van der Waals surface area contributed by atoms with Gasteiger partial charge in [-0.15, -0.1) is 0 Å².